The number of benzene rings is 1. The van der Waals surface area contributed by atoms with Gasteiger partial charge in [-0.3, -0.25) is 9.59 Å². The zero-order valence-corrected chi connectivity index (χ0v) is 16.9. The number of carbonyl (C=O) groups excluding carboxylic acids is 3. The molecule has 154 valence electrons. The van der Waals surface area contributed by atoms with Crippen molar-refractivity contribution in [3.8, 4) is 0 Å². The molecule has 0 saturated carbocycles. The molecular weight excluding hydrogens is 384 g/mol. The Bertz CT molecular complexity index is 853. The van der Waals surface area contributed by atoms with Crippen molar-refractivity contribution >= 4 is 39.1 Å². The van der Waals surface area contributed by atoms with Crippen molar-refractivity contribution in [1.29, 1.82) is 0 Å². The minimum Gasteiger partial charge on any atom is -0.334 e. The van der Waals surface area contributed by atoms with Crippen LogP contribution in [0.3, 0.4) is 0 Å². The molecule has 28 heavy (non-hydrogen) atoms. The van der Waals surface area contributed by atoms with E-state index in [9.17, 15) is 22.8 Å². The SMILES string of the molecule is CC(=O)Nc1cccc(NC(=O)[C@@H](NC(=O)N[C@@H]2CCS(=O)(=O)C2)C(C)C)c1. The smallest absolute Gasteiger partial charge is 0.315 e. The first-order chi connectivity index (χ1) is 13.1. The molecule has 4 amide bonds. The third kappa shape index (κ3) is 6.52. The van der Waals surface area contributed by atoms with Gasteiger partial charge in [-0.25, -0.2) is 13.2 Å². The van der Waals surface area contributed by atoms with E-state index in [1.54, 1.807) is 38.1 Å². The summed E-state index contributed by atoms with van der Waals surface area (Å²) in [6.07, 6.45) is 0.365. The third-order valence-corrected chi connectivity index (χ3v) is 6.02. The van der Waals surface area contributed by atoms with Gasteiger partial charge in [0.1, 0.15) is 6.04 Å². The van der Waals surface area contributed by atoms with Gasteiger partial charge in [0.2, 0.25) is 11.8 Å². The Morgan fingerprint density at radius 2 is 1.75 bits per heavy atom. The number of hydrogen-bond acceptors (Lipinski definition) is 5. The number of urea groups is 1. The number of nitrogens with one attached hydrogen (secondary N) is 4. The molecule has 0 aliphatic carbocycles. The van der Waals surface area contributed by atoms with Crippen LogP contribution in [0.2, 0.25) is 0 Å². The predicted molar refractivity (Wildman–Crippen MR) is 107 cm³/mol. The summed E-state index contributed by atoms with van der Waals surface area (Å²) >= 11 is 0. The van der Waals surface area contributed by atoms with E-state index >= 15 is 0 Å². The summed E-state index contributed by atoms with van der Waals surface area (Å²) in [6.45, 7) is 4.97. The first-order valence-electron chi connectivity index (χ1n) is 9.01. The highest BCUT2D eigenvalue weighted by atomic mass is 32.2. The molecule has 1 aliphatic heterocycles. The second kappa shape index (κ2) is 9.05. The van der Waals surface area contributed by atoms with Crippen LogP contribution in [0.5, 0.6) is 0 Å². The molecule has 2 rings (SSSR count). The maximum atomic E-state index is 12.6. The Hall–Kier alpha value is -2.62. The summed E-state index contributed by atoms with van der Waals surface area (Å²) in [7, 11) is -3.11. The molecule has 0 aromatic heterocycles. The van der Waals surface area contributed by atoms with E-state index in [4.69, 9.17) is 0 Å². The van der Waals surface area contributed by atoms with E-state index in [0.29, 0.717) is 17.8 Å². The Morgan fingerprint density at radius 1 is 1.11 bits per heavy atom. The molecule has 1 aromatic carbocycles. The summed E-state index contributed by atoms with van der Waals surface area (Å²) in [5.41, 5.74) is 1.02. The Balaban J connectivity index is 1.98. The maximum Gasteiger partial charge on any atom is 0.315 e. The van der Waals surface area contributed by atoms with E-state index in [-0.39, 0.29) is 23.3 Å². The number of hydrogen-bond donors (Lipinski definition) is 4. The van der Waals surface area contributed by atoms with E-state index < -0.39 is 33.9 Å². The van der Waals surface area contributed by atoms with Crippen molar-refractivity contribution in [2.75, 3.05) is 22.1 Å². The van der Waals surface area contributed by atoms with Crippen LogP contribution in [-0.4, -0.2) is 49.9 Å². The fraction of sp³-hybridized carbons (Fsp3) is 0.500. The molecule has 1 heterocycles. The number of sulfone groups is 1. The van der Waals surface area contributed by atoms with Gasteiger partial charge in [-0.15, -0.1) is 0 Å². The van der Waals surface area contributed by atoms with E-state index in [1.165, 1.54) is 6.92 Å². The summed E-state index contributed by atoms with van der Waals surface area (Å²) in [5, 5.41) is 10.6. The first kappa shape index (κ1) is 21.7. The topological polar surface area (TPSA) is 133 Å². The van der Waals surface area contributed by atoms with E-state index in [1.807, 2.05) is 0 Å². The lowest BCUT2D eigenvalue weighted by atomic mass is 10.0. The highest BCUT2D eigenvalue weighted by Crippen LogP contribution is 2.16. The molecule has 1 fully saturated rings. The van der Waals surface area contributed by atoms with Crippen LogP contribution in [0.15, 0.2) is 24.3 Å². The normalized spacial score (nSPS) is 18.9. The molecule has 1 aliphatic rings. The minimum atomic E-state index is -3.11. The van der Waals surface area contributed by atoms with Gasteiger partial charge < -0.3 is 21.3 Å². The Labute approximate surface area is 164 Å². The van der Waals surface area contributed by atoms with Gasteiger partial charge >= 0.3 is 6.03 Å². The number of amides is 4. The van der Waals surface area contributed by atoms with Crippen molar-refractivity contribution in [3.05, 3.63) is 24.3 Å². The van der Waals surface area contributed by atoms with Crippen molar-refractivity contribution in [2.24, 2.45) is 5.92 Å². The quantitative estimate of drug-likeness (QED) is 0.557. The zero-order valence-electron chi connectivity index (χ0n) is 16.1. The van der Waals surface area contributed by atoms with Crippen LogP contribution in [0.25, 0.3) is 0 Å². The summed E-state index contributed by atoms with van der Waals surface area (Å²) in [5.74, 6) is -0.873. The van der Waals surface area contributed by atoms with Gasteiger partial charge in [0.05, 0.1) is 11.5 Å². The number of carbonyl (C=O) groups is 3. The average molecular weight is 410 g/mol. The standard InChI is InChI=1S/C18H26N4O5S/c1-11(2)16(22-18(25)21-15-7-8-28(26,27)10-15)17(24)20-14-6-4-5-13(9-14)19-12(3)23/h4-6,9,11,15-16H,7-8,10H2,1-3H3,(H,19,23)(H,20,24)(H2,21,22,25)/t15-,16+/m1/s1. The highest BCUT2D eigenvalue weighted by molar-refractivity contribution is 7.91. The van der Waals surface area contributed by atoms with Gasteiger partial charge in [0.15, 0.2) is 9.84 Å². The molecule has 1 saturated heterocycles. The second-order valence-electron chi connectivity index (χ2n) is 7.19. The largest absolute Gasteiger partial charge is 0.334 e. The molecule has 1 aromatic rings. The highest BCUT2D eigenvalue weighted by Gasteiger charge is 2.30. The predicted octanol–water partition coefficient (Wildman–Crippen LogP) is 1.09. The number of anilines is 2. The molecule has 10 heteroatoms. The zero-order chi connectivity index (χ0) is 20.9. The summed E-state index contributed by atoms with van der Waals surface area (Å²) < 4.78 is 23.0. The lowest BCUT2D eigenvalue weighted by Crippen LogP contribution is -2.52. The van der Waals surface area contributed by atoms with Crippen molar-refractivity contribution in [2.45, 2.75) is 39.3 Å². The molecule has 0 unspecified atom stereocenters. The average Bonchev–Trinajstić information content (AvgIpc) is 2.90. The lowest BCUT2D eigenvalue weighted by Gasteiger charge is -2.23. The van der Waals surface area contributed by atoms with Crippen LogP contribution < -0.4 is 21.3 Å². The molecular formula is C18H26N4O5S. The van der Waals surface area contributed by atoms with Crippen LogP contribution in [-0.2, 0) is 19.4 Å². The second-order valence-corrected chi connectivity index (χ2v) is 9.42. The Kier molecular flexibility index (Phi) is 7.00. The molecule has 0 radical (unpaired) electrons. The van der Waals surface area contributed by atoms with Gasteiger partial charge in [-0.2, -0.15) is 0 Å². The van der Waals surface area contributed by atoms with Crippen LogP contribution in [0.1, 0.15) is 27.2 Å². The monoisotopic (exact) mass is 410 g/mol. The van der Waals surface area contributed by atoms with Gasteiger partial charge in [-0.05, 0) is 30.5 Å². The fourth-order valence-corrected chi connectivity index (χ4v) is 4.58. The first-order valence-corrected chi connectivity index (χ1v) is 10.8. The number of rotatable bonds is 6. The minimum absolute atomic E-state index is 0.0523. The molecule has 0 spiro atoms. The molecule has 2 atom stereocenters. The van der Waals surface area contributed by atoms with Crippen LogP contribution in [0.4, 0.5) is 16.2 Å². The van der Waals surface area contributed by atoms with E-state index in [0.717, 1.165) is 0 Å². The maximum absolute atomic E-state index is 12.6. The van der Waals surface area contributed by atoms with E-state index in [2.05, 4.69) is 21.3 Å². The summed E-state index contributed by atoms with van der Waals surface area (Å²) in [4.78, 5) is 36.0. The fourth-order valence-electron chi connectivity index (χ4n) is 2.91. The van der Waals surface area contributed by atoms with Gasteiger partial charge in [0.25, 0.3) is 0 Å². The van der Waals surface area contributed by atoms with Gasteiger partial charge in [0, 0.05) is 24.3 Å². The van der Waals surface area contributed by atoms with Crippen molar-refractivity contribution in [3.63, 3.8) is 0 Å². The Morgan fingerprint density at radius 3 is 2.29 bits per heavy atom. The summed E-state index contributed by atoms with van der Waals surface area (Å²) in [6, 6.07) is 4.81. The molecule has 4 N–H and O–H groups in total. The third-order valence-electron chi connectivity index (χ3n) is 4.25. The van der Waals surface area contributed by atoms with Crippen LogP contribution >= 0.6 is 0 Å². The van der Waals surface area contributed by atoms with Crippen molar-refractivity contribution in [1.82, 2.24) is 10.6 Å². The van der Waals surface area contributed by atoms with Gasteiger partial charge in [-0.1, -0.05) is 19.9 Å². The van der Waals surface area contributed by atoms with Crippen LogP contribution in [0, 0.1) is 5.92 Å². The molecule has 0 bridgehead atoms. The lowest BCUT2D eigenvalue weighted by molar-refractivity contribution is -0.119. The molecule has 9 nitrogen and oxygen atoms in total. The van der Waals surface area contributed by atoms with Crippen molar-refractivity contribution < 1.29 is 22.8 Å².